The summed E-state index contributed by atoms with van der Waals surface area (Å²) in [5.74, 6) is 0.710. The molecule has 18 heavy (non-hydrogen) atoms. The van der Waals surface area contributed by atoms with Gasteiger partial charge < -0.3 is 4.43 Å². The van der Waals surface area contributed by atoms with E-state index in [1.165, 1.54) is 0 Å². The van der Waals surface area contributed by atoms with E-state index < -0.39 is 8.32 Å². The molecule has 106 valence electrons. The Morgan fingerprint density at radius 1 is 1.22 bits per heavy atom. The highest BCUT2D eigenvalue weighted by Gasteiger charge is 2.38. The molecule has 0 unspecified atom stereocenters. The summed E-state index contributed by atoms with van der Waals surface area (Å²) in [6.07, 6.45) is 4.04. The van der Waals surface area contributed by atoms with Crippen molar-refractivity contribution in [3.63, 3.8) is 0 Å². The fraction of sp³-hybridized carbons (Fsp3) is 0.929. The molecule has 0 aromatic heterocycles. The zero-order valence-electron chi connectivity index (χ0n) is 12.4. The summed E-state index contributed by atoms with van der Waals surface area (Å²) in [4.78, 5) is 11.1. The molecule has 0 spiro atoms. The summed E-state index contributed by atoms with van der Waals surface area (Å²) in [5, 5.41) is 0.120. The summed E-state index contributed by atoms with van der Waals surface area (Å²) in [6.45, 7) is 12.2. The van der Waals surface area contributed by atoms with Crippen molar-refractivity contribution >= 4 is 25.2 Å². The van der Waals surface area contributed by atoms with E-state index in [4.69, 9.17) is 16.0 Å². The molecule has 0 bridgehead atoms. The minimum atomic E-state index is -1.62. The van der Waals surface area contributed by atoms with Crippen LogP contribution in [0.25, 0.3) is 0 Å². The molecule has 0 atom stereocenters. The van der Waals surface area contributed by atoms with E-state index in [1.54, 1.807) is 0 Å². The Kier molecular flexibility index (Phi) is 5.45. The van der Waals surface area contributed by atoms with Crippen molar-refractivity contribution in [3.05, 3.63) is 0 Å². The summed E-state index contributed by atoms with van der Waals surface area (Å²) >= 11 is 5.55. The standard InChI is InChI=1S/C14H27ClO2Si/c1-14(2,3)18(4,5)17-10-11-6-8-12(9-7-11)13(15)16/h11-12H,6-10H2,1-5H3/t11-,12-. The number of rotatable bonds is 4. The topological polar surface area (TPSA) is 26.3 Å². The van der Waals surface area contributed by atoms with E-state index in [2.05, 4.69) is 33.9 Å². The fourth-order valence-corrected chi connectivity index (χ4v) is 3.40. The molecule has 0 radical (unpaired) electrons. The monoisotopic (exact) mass is 290 g/mol. The van der Waals surface area contributed by atoms with Crippen molar-refractivity contribution in [2.24, 2.45) is 11.8 Å². The first-order valence-electron chi connectivity index (χ1n) is 6.97. The fourth-order valence-electron chi connectivity index (χ4n) is 2.10. The third-order valence-electron chi connectivity index (χ3n) is 4.65. The minimum absolute atomic E-state index is 0.0933. The molecule has 0 amide bonds. The molecule has 4 heteroatoms. The van der Waals surface area contributed by atoms with Gasteiger partial charge in [-0.3, -0.25) is 4.79 Å². The maximum Gasteiger partial charge on any atom is 0.224 e. The number of halogens is 1. The van der Waals surface area contributed by atoms with Crippen LogP contribution in [0.15, 0.2) is 0 Å². The lowest BCUT2D eigenvalue weighted by atomic mass is 9.83. The Bertz CT molecular complexity index is 289. The molecule has 1 aliphatic carbocycles. The van der Waals surface area contributed by atoms with E-state index in [0.29, 0.717) is 5.92 Å². The summed E-state index contributed by atoms with van der Waals surface area (Å²) in [7, 11) is -1.62. The van der Waals surface area contributed by atoms with Crippen LogP contribution in [0.3, 0.4) is 0 Å². The van der Waals surface area contributed by atoms with Crippen molar-refractivity contribution in [2.45, 2.75) is 64.6 Å². The zero-order valence-corrected chi connectivity index (χ0v) is 14.1. The van der Waals surface area contributed by atoms with Gasteiger partial charge in [-0.05, 0) is 61.3 Å². The van der Waals surface area contributed by atoms with Crippen LogP contribution >= 0.6 is 11.6 Å². The Balaban J connectivity index is 2.36. The molecule has 1 aliphatic rings. The van der Waals surface area contributed by atoms with Gasteiger partial charge in [-0.25, -0.2) is 0 Å². The molecular weight excluding hydrogens is 264 g/mol. The van der Waals surface area contributed by atoms with Crippen molar-refractivity contribution in [2.75, 3.05) is 6.61 Å². The highest BCUT2D eigenvalue weighted by atomic mass is 35.5. The minimum Gasteiger partial charge on any atom is -0.417 e. The van der Waals surface area contributed by atoms with Gasteiger partial charge in [0.1, 0.15) is 0 Å². The smallest absolute Gasteiger partial charge is 0.224 e. The summed E-state index contributed by atoms with van der Waals surface area (Å²) in [6, 6.07) is 0. The number of carbonyl (C=O) groups excluding carboxylic acids is 1. The Morgan fingerprint density at radius 2 is 1.72 bits per heavy atom. The van der Waals surface area contributed by atoms with E-state index in [9.17, 15) is 4.79 Å². The van der Waals surface area contributed by atoms with Crippen molar-refractivity contribution in [1.29, 1.82) is 0 Å². The maximum atomic E-state index is 11.1. The molecule has 1 saturated carbocycles. The average molecular weight is 291 g/mol. The number of hydrogen-bond donors (Lipinski definition) is 0. The van der Waals surface area contributed by atoms with Crippen LogP contribution < -0.4 is 0 Å². The largest absolute Gasteiger partial charge is 0.417 e. The zero-order chi connectivity index (χ0) is 14.0. The van der Waals surface area contributed by atoms with Crippen molar-refractivity contribution < 1.29 is 9.22 Å². The predicted octanol–water partition coefficient (Wildman–Crippen LogP) is 4.58. The molecule has 1 rings (SSSR count). The SMILES string of the molecule is CC(C)(C)[Si](C)(C)OC[C@H]1CC[C@H](C(=O)Cl)CC1. The first-order chi connectivity index (χ1) is 8.13. The van der Waals surface area contributed by atoms with Crippen LogP contribution in [0, 0.1) is 11.8 Å². The number of carbonyl (C=O) groups is 1. The second-order valence-corrected chi connectivity index (χ2v) is 12.3. The number of hydrogen-bond acceptors (Lipinski definition) is 2. The van der Waals surface area contributed by atoms with E-state index >= 15 is 0 Å². The van der Waals surface area contributed by atoms with E-state index in [1.807, 2.05) is 0 Å². The van der Waals surface area contributed by atoms with Gasteiger partial charge in [-0.1, -0.05) is 20.8 Å². The van der Waals surface area contributed by atoms with Gasteiger partial charge in [0.05, 0.1) is 0 Å². The third-order valence-corrected chi connectivity index (χ3v) is 9.46. The average Bonchev–Trinajstić information content (AvgIpc) is 2.25. The Hall–Kier alpha value is 0.137. The van der Waals surface area contributed by atoms with Gasteiger partial charge in [0.2, 0.25) is 5.24 Å². The second kappa shape index (κ2) is 6.06. The van der Waals surface area contributed by atoms with Gasteiger partial charge >= 0.3 is 0 Å². The maximum absolute atomic E-state index is 11.1. The predicted molar refractivity (Wildman–Crippen MR) is 79.5 cm³/mol. The van der Waals surface area contributed by atoms with E-state index in [-0.39, 0.29) is 16.2 Å². The Labute approximate surface area is 118 Å². The highest BCUT2D eigenvalue weighted by Crippen LogP contribution is 2.38. The van der Waals surface area contributed by atoms with Crippen LogP contribution in [-0.4, -0.2) is 20.2 Å². The van der Waals surface area contributed by atoms with Crippen molar-refractivity contribution in [1.82, 2.24) is 0 Å². The van der Waals surface area contributed by atoms with Gasteiger partial charge in [0.15, 0.2) is 8.32 Å². The van der Waals surface area contributed by atoms with Gasteiger partial charge in [0.25, 0.3) is 0 Å². The molecule has 0 heterocycles. The normalized spacial score (nSPS) is 26.1. The van der Waals surface area contributed by atoms with E-state index in [0.717, 1.165) is 32.3 Å². The third kappa shape index (κ3) is 4.36. The lowest BCUT2D eigenvalue weighted by Crippen LogP contribution is -2.42. The molecule has 1 fully saturated rings. The quantitative estimate of drug-likeness (QED) is 0.559. The molecule has 0 saturated heterocycles. The van der Waals surface area contributed by atoms with Crippen LogP contribution in [0.2, 0.25) is 18.1 Å². The second-order valence-electron chi connectivity index (χ2n) is 7.09. The lowest BCUT2D eigenvalue weighted by molar-refractivity contribution is -0.116. The summed E-state index contributed by atoms with van der Waals surface area (Å²) < 4.78 is 6.25. The first-order valence-corrected chi connectivity index (χ1v) is 10.3. The molecule has 0 aliphatic heterocycles. The molecule has 0 N–H and O–H groups in total. The molecule has 0 aromatic carbocycles. The van der Waals surface area contributed by atoms with Gasteiger partial charge in [-0.2, -0.15) is 0 Å². The molecular formula is C14H27ClO2Si. The molecule has 0 aromatic rings. The van der Waals surface area contributed by atoms with Crippen LogP contribution in [0.4, 0.5) is 0 Å². The first kappa shape index (κ1) is 16.2. The van der Waals surface area contributed by atoms with Crippen LogP contribution in [0.1, 0.15) is 46.5 Å². The van der Waals surface area contributed by atoms with Crippen LogP contribution in [-0.2, 0) is 9.22 Å². The van der Waals surface area contributed by atoms with Gasteiger partial charge in [0, 0.05) is 12.5 Å². The summed E-state index contributed by atoms with van der Waals surface area (Å²) in [5.41, 5.74) is 0. The molecule has 2 nitrogen and oxygen atoms in total. The highest BCUT2D eigenvalue weighted by molar-refractivity contribution is 6.74. The van der Waals surface area contributed by atoms with Crippen molar-refractivity contribution in [3.8, 4) is 0 Å². The van der Waals surface area contributed by atoms with Crippen LogP contribution in [0.5, 0.6) is 0 Å². The lowest BCUT2D eigenvalue weighted by Gasteiger charge is -2.38. The Morgan fingerprint density at radius 3 is 2.11 bits per heavy atom. The van der Waals surface area contributed by atoms with Gasteiger partial charge in [-0.15, -0.1) is 0 Å².